The van der Waals surface area contributed by atoms with E-state index in [1.165, 1.54) is 22.1 Å². The third-order valence-electron chi connectivity index (χ3n) is 12.2. The predicted molar refractivity (Wildman–Crippen MR) is 260 cm³/mol. The smallest absolute Gasteiger partial charge is 0.164 e. The molecule has 0 aliphatic carbocycles. The number of para-hydroxylation sites is 1. The highest BCUT2D eigenvalue weighted by Crippen LogP contribution is 2.42. The second-order valence-corrected chi connectivity index (χ2v) is 15.9. The van der Waals surface area contributed by atoms with Crippen LogP contribution >= 0.6 is 0 Å². The second-order valence-electron chi connectivity index (χ2n) is 15.9. The number of fused-ring (bicyclic) bond motifs is 6. The Bertz CT molecular complexity index is 3650. The quantitative estimate of drug-likeness (QED) is 0.151. The van der Waals surface area contributed by atoms with E-state index in [1.54, 1.807) is 0 Å². The fourth-order valence-electron chi connectivity index (χ4n) is 9.04. The summed E-state index contributed by atoms with van der Waals surface area (Å²) in [6.07, 6.45) is 0. The average Bonchev–Trinajstić information content (AvgIpc) is 3.76. The van der Waals surface area contributed by atoms with Gasteiger partial charge in [-0.15, -0.1) is 0 Å². The van der Waals surface area contributed by atoms with Gasteiger partial charge in [0.2, 0.25) is 0 Å². The molecule has 0 N–H and O–H groups in total. The summed E-state index contributed by atoms with van der Waals surface area (Å²) in [7, 11) is 0. The topological polar surface area (TPSA) is 51.8 Å². The van der Waals surface area contributed by atoms with Crippen molar-refractivity contribution < 1.29 is 4.42 Å². The van der Waals surface area contributed by atoms with Crippen LogP contribution in [-0.4, -0.2) is 15.0 Å². The molecule has 294 valence electrons. The fourth-order valence-corrected chi connectivity index (χ4v) is 9.04. The van der Waals surface area contributed by atoms with E-state index in [0.29, 0.717) is 17.5 Å². The number of nitrogens with zero attached hydrogens (tertiary/aromatic N) is 3. The molecule has 0 saturated heterocycles. The highest BCUT2D eigenvalue weighted by Gasteiger charge is 2.21. The Kier molecular flexibility index (Phi) is 8.79. The molecule has 2 heterocycles. The van der Waals surface area contributed by atoms with Crippen LogP contribution in [0.2, 0.25) is 0 Å². The third-order valence-corrected chi connectivity index (χ3v) is 12.2. The maximum Gasteiger partial charge on any atom is 0.164 e. The van der Waals surface area contributed by atoms with E-state index in [2.05, 4.69) is 200 Å². The van der Waals surface area contributed by atoms with Gasteiger partial charge < -0.3 is 4.42 Å². The van der Waals surface area contributed by atoms with Crippen molar-refractivity contribution in [1.29, 1.82) is 0 Å². The van der Waals surface area contributed by atoms with Gasteiger partial charge in [-0.05, 0) is 78.7 Å². The Balaban J connectivity index is 1.02. The summed E-state index contributed by atoms with van der Waals surface area (Å²) in [5.41, 5.74) is 13.4. The summed E-state index contributed by atoms with van der Waals surface area (Å²) in [6, 6.07) is 78.7. The van der Waals surface area contributed by atoms with Crippen LogP contribution < -0.4 is 0 Å². The van der Waals surface area contributed by atoms with Crippen molar-refractivity contribution in [2.24, 2.45) is 0 Å². The Morgan fingerprint density at radius 3 is 1.46 bits per heavy atom. The highest BCUT2D eigenvalue weighted by atomic mass is 16.3. The van der Waals surface area contributed by atoms with Crippen molar-refractivity contribution in [3.63, 3.8) is 0 Å². The lowest BCUT2D eigenvalue weighted by Crippen LogP contribution is -2.01. The van der Waals surface area contributed by atoms with E-state index in [4.69, 9.17) is 19.4 Å². The number of hydrogen-bond donors (Lipinski definition) is 0. The van der Waals surface area contributed by atoms with Gasteiger partial charge in [-0.3, -0.25) is 0 Å². The number of hydrogen-bond acceptors (Lipinski definition) is 4. The van der Waals surface area contributed by atoms with Crippen molar-refractivity contribution in [2.75, 3.05) is 0 Å². The fraction of sp³-hybridized carbons (Fsp3) is 0. The zero-order valence-corrected chi connectivity index (χ0v) is 34.1. The molecule has 63 heavy (non-hydrogen) atoms. The van der Waals surface area contributed by atoms with Gasteiger partial charge >= 0.3 is 0 Å². The maximum absolute atomic E-state index is 6.80. The van der Waals surface area contributed by atoms with Gasteiger partial charge in [0.05, 0.1) is 0 Å². The van der Waals surface area contributed by atoms with Gasteiger partial charge in [-0.2, -0.15) is 0 Å². The lowest BCUT2D eigenvalue weighted by atomic mass is 9.96. The van der Waals surface area contributed by atoms with Gasteiger partial charge in [-0.25, -0.2) is 15.0 Å². The Morgan fingerprint density at radius 2 is 0.746 bits per heavy atom. The molecule has 0 bridgehead atoms. The molecule has 4 nitrogen and oxygen atoms in total. The molecule has 0 saturated carbocycles. The normalized spacial score (nSPS) is 11.5. The Morgan fingerprint density at radius 1 is 0.270 bits per heavy atom. The molecular weight excluding hydrogens is 767 g/mol. The summed E-state index contributed by atoms with van der Waals surface area (Å²) in [5.74, 6) is 1.79. The minimum absolute atomic E-state index is 0.581. The SMILES string of the molecule is c1ccc(-c2ccc(-c3ccc(-c4nc(-c5cc6ccccc6c6ccccc56)nc(-c5cccc6oc7c(-c8cccc(-c9ccccc9)c8)cccc7c56)n4)cc3)cc2)cc1. The average molecular weight is 804 g/mol. The van der Waals surface area contributed by atoms with E-state index in [9.17, 15) is 0 Å². The van der Waals surface area contributed by atoms with Crippen LogP contribution in [0.5, 0.6) is 0 Å². The molecule has 10 aromatic carbocycles. The summed E-state index contributed by atoms with van der Waals surface area (Å²) in [6.45, 7) is 0. The van der Waals surface area contributed by atoms with Gasteiger partial charge in [-0.1, -0.05) is 206 Å². The molecular formula is C59H37N3O. The number of aromatic nitrogens is 3. The molecule has 0 unspecified atom stereocenters. The minimum Gasteiger partial charge on any atom is -0.455 e. The van der Waals surface area contributed by atoms with Crippen molar-refractivity contribution in [3.05, 3.63) is 224 Å². The lowest BCUT2D eigenvalue weighted by molar-refractivity contribution is 0.670. The van der Waals surface area contributed by atoms with Gasteiger partial charge in [0.25, 0.3) is 0 Å². The number of furan rings is 1. The molecule has 12 rings (SSSR count). The lowest BCUT2D eigenvalue weighted by Gasteiger charge is -2.13. The van der Waals surface area contributed by atoms with E-state index >= 15 is 0 Å². The van der Waals surface area contributed by atoms with Crippen LogP contribution in [0.1, 0.15) is 0 Å². The predicted octanol–water partition coefficient (Wildman–Crippen LogP) is 15.7. The van der Waals surface area contributed by atoms with Crippen LogP contribution in [0.25, 0.3) is 122 Å². The van der Waals surface area contributed by atoms with Crippen molar-refractivity contribution in [2.45, 2.75) is 0 Å². The molecule has 0 radical (unpaired) electrons. The van der Waals surface area contributed by atoms with E-state index in [1.807, 2.05) is 24.3 Å². The van der Waals surface area contributed by atoms with Gasteiger partial charge in [0.1, 0.15) is 11.2 Å². The van der Waals surface area contributed by atoms with Crippen LogP contribution in [0.4, 0.5) is 0 Å². The third kappa shape index (κ3) is 6.53. The number of benzene rings is 10. The van der Waals surface area contributed by atoms with Crippen LogP contribution in [0, 0.1) is 0 Å². The standard InChI is InChI=1S/C59H37N3O/c1-3-14-38(15-4-1)40-28-30-41(31-29-40)42-32-34-43(35-33-42)57-60-58(62-59(61-57)53-37-46-18-7-8-21-47(46)49-22-9-10-23-50(49)53)52-26-13-27-54-55(52)51-25-12-24-48(56(51)63-54)45-20-11-19-44(36-45)39-16-5-2-6-17-39/h1-37H. The highest BCUT2D eigenvalue weighted by molar-refractivity contribution is 6.16. The first kappa shape index (κ1) is 36.4. The maximum atomic E-state index is 6.80. The minimum atomic E-state index is 0.581. The summed E-state index contributed by atoms with van der Waals surface area (Å²) >= 11 is 0. The zero-order valence-electron chi connectivity index (χ0n) is 34.1. The van der Waals surface area contributed by atoms with Crippen molar-refractivity contribution in [1.82, 2.24) is 15.0 Å². The summed E-state index contributed by atoms with van der Waals surface area (Å²) < 4.78 is 6.80. The largest absolute Gasteiger partial charge is 0.455 e. The molecule has 0 aliphatic heterocycles. The first-order valence-corrected chi connectivity index (χ1v) is 21.3. The molecule has 0 aliphatic rings. The first-order valence-electron chi connectivity index (χ1n) is 21.3. The first-order chi connectivity index (χ1) is 31.2. The van der Waals surface area contributed by atoms with Crippen LogP contribution in [0.3, 0.4) is 0 Å². The molecule has 0 atom stereocenters. The summed E-state index contributed by atoms with van der Waals surface area (Å²) in [4.78, 5) is 15.9. The molecule has 4 heteroatoms. The molecule has 0 amide bonds. The summed E-state index contributed by atoms with van der Waals surface area (Å²) in [5, 5.41) is 6.54. The van der Waals surface area contributed by atoms with Crippen LogP contribution in [0.15, 0.2) is 229 Å². The van der Waals surface area contributed by atoms with Crippen molar-refractivity contribution in [3.8, 4) is 78.7 Å². The Labute approximate surface area is 364 Å². The second kappa shape index (κ2) is 15.2. The zero-order chi connectivity index (χ0) is 41.7. The Hall–Kier alpha value is -8.47. The van der Waals surface area contributed by atoms with Gasteiger partial charge in [0.15, 0.2) is 17.5 Å². The van der Waals surface area contributed by atoms with Crippen molar-refractivity contribution >= 4 is 43.5 Å². The molecule has 0 fully saturated rings. The van der Waals surface area contributed by atoms with E-state index < -0.39 is 0 Å². The molecule has 0 spiro atoms. The van der Waals surface area contributed by atoms with Gasteiger partial charge in [0, 0.05) is 33.0 Å². The van der Waals surface area contributed by atoms with E-state index in [-0.39, 0.29) is 0 Å². The van der Waals surface area contributed by atoms with Crippen LogP contribution in [-0.2, 0) is 0 Å². The number of rotatable bonds is 7. The monoisotopic (exact) mass is 803 g/mol. The van der Waals surface area contributed by atoms with E-state index in [0.717, 1.165) is 82.6 Å². The molecule has 2 aromatic heterocycles. The molecule has 12 aromatic rings.